The van der Waals surface area contributed by atoms with Gasteiger partial charge in [0.25, 0.3) is 0 Å². The van der Waals surface area contributed by atoms with Gasteiger partial charge in [0.2, 0.25) is 5.91 Å². The molecule has 34 heavy (non-hydrogen) atoms. The lowest BCUT2D eigenvalue weighted by Crippen LogP contribution is -2.66. The number of methoxy groups -OCH3 is 2. The summed E-state index contributed by atoms with van der Waals surface area (Å²) in [6.45, 7) is 5.01. The third-order valence-corrected chi connectivity index (χ3v) is 7.56. The van der Waals surface area contributed by atoms with Crippen molar-refractivity contribution >= 4 is 16.8 Å². The van der Waals surface area contributed by atoms with Crippen molar-refractivity contribution in [1.29, 1.82) is 0 Å². The minimum Gasteiger partial charge on any atom is -0.497 e. The largest absolute Gasteiger partial charge is 0.497 e. The van der Waals surface area contributed by atoms with Gasteiger partial charge in [-0.05, 0) is 35.4 Å². The van der Waals surface area contributed by atoms with Gasteiger partial charge in [0, 0.05) is 62.2 Å². The summed E-state index contributed by atoms with van der Waals surface area (Å²) in [7, 11) is 5.38. The van der Waals surface area contributed by atoms with Crippen LogP contribution in [0.3, 0.4) is 0 Å². The molecule has 0 unspecified atom stereocenters. The van der Waals surface area contributed by atoms with E-state index >= 15 is 0 Å². The SMILES string of the molecule is CCC(=O)N1CC2(CN(Cc3ccc(OC)cc3)C2)c2c(n(C)c3cc(OC)ccc23)[C@H]1CO. The number of hydrogen-bond donors (Lipinski definition) is 1. The topological polar surface area (TPSA) is 67.2 Å². The Morgan fingerprint density at radius 1 is 1.06 bits per heavy atom. The molecule has 1 fully saturated rings. The van der Waals surface area contributed by atoms with E-state index in [-0.39, 0.29) is 24.0 Å². The molecular formula is C27H33N3O4. The number of aromatic nitrogens is 1. The van der Waals surface area contributed by atoms with Crippen LogP contribution >= 0.6 is 0 Å². The van der Waals surface area contributed by atoms with Crippen LogP contribution in [-0.2, 0) is 23.8 Å². The highest BCUT2D eigenvalue weighted by Crippen LogP contribution is 2.50. The molecule has 7 nitrogen and oxygen atoms in total. The van der Waals surface area contributed by atoms with Crippen LogP contribution in [-0.4, -0.2) is 65.8 Å². The van der Waals surface area contributed by atoms with Crippen molar-refractivity contribution in [3.05, 3.63) is 59.3 Å². The maximum atomic E-state index is 13.0. The zero-order valence-corrected chi connectivity index (χ0v) is 20.4. The van der Waals surface area contributed by atoms with Crippen molar-refractivity contribution in [3.8, 4) is 11.5 Å². The highest BCUT2D eigenvalue weighted by atomic mass is 16.5. The number of likely N-dealkylation sites (tertiary alicyclic amines) is 1. The average Bonchev–Trinajstić information content (AvgIpc) is 3.15. The molecule has 2 aliphatic rings. The Hall–Kier alpha value is -3.03. The second-order valence-corrected chi connectivity index (χ2v) is 9.55. The smallest absolute Gasteiger partial charge is 0.222 e. The summed E-state index contributed by atoms with van der Waals surface area (Å²) in [5.41, 5.74) is 4.47. The monoisotopic (exact) mass is 463 g/mol. The Bertz CT molecular complexity index is 1210. The number of rotatable bonds is 6. The van der Waals surface area contributed by atoms with Gasteiger partial charge < -0.3 is 24.0 Å². The summed E-state index contributed by atoms with van der Waals surface area (Å²) in [6.07, 6.45) is 0.426. The fourth-order valence-electron chi connectivity index (χ4n) is 5.99. The summed E-state index contributed by atoms with van der Waals surface area (Å²) < 4.78 is 12.9. The fraction of sp³-hybridized carbons (Fsp3) is 0.444. The first-order valence-electron chi connectivity index (χ1n) is 11.9. The molecule has 1 amide bonds. The Balaban J connectivity index is 1.55. The molecule has 7 heteroatoms. The number of benzene rings is 2. The van der Waals surface area contributed by atoms with Gasteiger partial charge in [0.1, 0.15) is 11.5 Å². The summed E-state index contributed by atoms with van der Waals surface area (Å²) in [6, 6.07) is 14.0. The number of aliphatic hydroxyl groups excluding tert-OH is 1. The van der Waals surface area contributed by atoms with Gasteiger partial charge in [-0.2, -0.15) is 0 Å². The third kappa shape index (κ3) is 3.46. The first kappa shape index (κ1) is 22.7. The van der Waals surface area contributed by atoms with Crippen LogP contribution in [0.15, 0.2) is 42.5 Å². The van der Waals surface area contributed by atoms with E-state index in [0.717, 1.165) is 42.3 Å². The molecular weight excluding hydrogens is 430 g/mol. The molecule has 2 aromatic carbocycles. The van der Waals surface area contributed by atoms with Gasteiger partial charge in [-0.25, -0.2) is 0 Å². The van der Waals surface area contributed by atoms with Crippen molar-refractivity contribution in [2.24, 2.45) is 7.05 Å². The summed E-state index contributed by atoms with van der Waals surface area (Å²) in [5, 5.41) is 11.6. The molecule has 0 aliphatic carbocycles. The zero-order chi connectivity index (χ0) is 24.0. The fourth-order valence-corrected chi connectivity index (χ4v) is 5.99. The molecule has 1 saturated heterocycles. The molecule has 3 aromatic rings. The molecule has 0 radical (unpaired) electrons. The first-order chi connectivity index (χ1) is 16.4. The summed E-state index contributed by atoms with van der Waals surface area (Å²) >= 11 is 0. The van der Waals surface area contributed by atoms with Crippen LogP contribution in [0.1, 0.15) is 36.2 Å². The quantitative estimate of drug-likeness (QED) is 0.608. The maximum Gasteiger partial charge on any atom is 0.222 e. The van der Waals surface area contributed by atoms with E-state index < -0.39 is 0 Å². The van der Waals surface area contributed by atoms with Crippen LogP contribution in [0.5, 0.6) is 11.5 Å². The van der Waals surface area contributed by atoms with Crippen molar-refractivity contribution in [3.63, 3.8) is 0 Å². The van der Waals surface area contributed by atoms with E-state index in [1.165, 1.54) is 16.5 Å². The maximum absolute atomic E-state index is 13.0. The molecule has 1 spiro atoms. The van der Waals surface area contributed by atoms with Crippen LogP contribution in [0.2, 0.25) is 0 Å². The minimum absolute atomic E-state index is 0.0838. The van der Waals surface area contributed by atoms with Crippen LogP contribution in [0.4, 0.5) is 0 Å². The van der Waals surface area contributed by atoms with Crippen molar-refractivity contribution in [2.45, 2.75) is 31.3 Å². The van der Waals surface area contributed by atoms with E-state index in [1.807, 2.05) is 37.1 Å². The van der Waals surface area contributed by atoms with Gasteiger partial charge in [0.05, 0.1) is 32.4 Å². The third-order valence-electron chi connectivity index (χ3n) is 7.56. The summed E-state index contributed by atoms with van der Waals surface area (Å²) in [4.78, 5) is 17.3. The van der Waals surface area contributed by atoms with E-state index in [0.29, 0.717) is 13.0 Å². The highest BCUT2D eigenvalue weighted by molar-refractivity contribution is 5.90. The number of fused-ring (bicyclic) bond motifs is 4. The van der Waals surface area contributed by atoms with Gasteiger partial charge in [0.15, 0.2) is 0 Å². The number of carbonyl (C=O) groups excluding carboxylic acids is 1. The minimum atomic E-state index is -0.341. The van der Waals surface area contributed by atoms with E-state index in [2.05, 4.69) is 33.7 Å². The lowest BCUT2D eigenvalue weighted by atomic mass is 9.68. The number of carbonyl (C=O) groups is 1. The second kappa shape index (κ2) is 8.64. The molecule has 1 atom stereocenters. The molecule has 3 heterocycles. The molecule has 180 valence electrons. The number of ether oxygens (including phenoxy) is 2. The lowest BCUT2D eigenvalue weighted by Gasteiger charge is -2.56. The Kier molecular flexibility index (Phi) is 5.78. The predicted molar refractivity (Wildman–Crippen MR) is 131 cm³/mol. The molecule has 5 rings (SSSR count). The number of hydrogen-bond acceptors (Lipinski definition) is 5. The Morgan fingerprint density at radius 3 is 2.35 bits per heavy atom. The van der Waals surface area contributed by atoms with Crippen LogP contribution in [0.25, 0.3) is 10.9 Å². The van der Waals surface area contributed by atoms with Crippen molar-refractivity contribution < 1.29 is 19.4 Å². The van der Waals surface area contributed by atoms with E-state index in [1.54, 1.807) is 14.2 Å². The first-order valence-corrected chi connectivity index (χ1v) is 11.9. The van der Waals surface area contributed by atoms with Crippen LogP contribution < -0.4 is 9.47 Å². The van der Waals surface area contributed by atoms with E-state index in [4.69, 9.17) is 9.47 Å². The molecule has 0 saturated carbocycles. The molecule has 2 aliphatic heterocycles. The standard InChI is InChI=1S/C27H33N3O4/c1-5-24(32)30-17-27(15-29(16-27)13-18-6-8-19(33-3)9-7-18)25-21-11-10-20(34-4)12-22(21)28(2)26(25)23(30)14-31/h6-12,23,31H,5,13-17H2,1-4H3/t23-/m1/s1. The van der Waals surface area contributed by atoms with Gasteiger partial charge in [-0.1, -0.05) is 19.1 Å². The molecule has 1 aromatic heterocycles. The van der Waals surface area contributed by atoms with Gasteiger partial charge >= 0.3 is 0 Å². The zero-order valence-electron chi connectivity index (χ0n) is 20.4. The normalized spacial score (nSPS) is 19.2. The van der Waals surface area contributed by atoms with Crippen molar-refractivity contribution in [2.75, 3.05) is 40.5 Å². The predicted octanol–water partition coefficient (Wildman–Crippen LogP) is 3.23. The Labute approximate surface area is 200 Å². The molecule has 1 N–H and O–H groups in total. The number of aryl methyl sites for hydroxylation is 1. The average molecular weight is 464 g/mol. The number of nitrogens with zero attached hydrogens (tertiary/aromatic N) is 3. The Morgan fingerprint density at radius 2 is 1.74 bits per heavy atom. The number of amides is 1. The number of aliphatic hydroxyl groups is 1. The summed E-state index contributed by atoms with van der Waals surface area (Å²) in [5.74, 6) is 1.74. The van der Waals surface area contributed by atoms with Crippen LogP contribution in [0, 0.1) is 0 Å². The van der Waals surface area contributed by atoms with E-state index in [9.17, 15) is 9.90 Å². The van der Waals surface area contributed by atoms with Gasteiger partial charge in [-0.3, -0.25) is 9.69 Å². The van der Waals surface area contributed by atoms with Crippen molar-refractivity contribution in [1.82, 2.24) is 14.4 Å². The van der Waals surface area contributed by atoms with Gasteiger partial charge in [-0.15, -0.1) is 0 Å². The second-order valence-electron chi connectivity index (χ2n) is 9.55. The lowest BCUT2D eigenvalue weighted by molar-refractivity contribution is -0.138. The molecule has 0 bridgehead atoms. The highest BCUT2D eigenvalue weighted by Gasteiger charge is 2.53.